The fraction of sp³-hybridized carbons (Fsp3) is 0.409. The molecule has 1 amide bonds. The monoisotopic (exact) mass is 339 g/mol. The van der Waals surface area contributed by atoms with Crippen LogP contribution in [0.2, 0.25) is 0 Å². The predicted octanol–water partition coefficient (Wildman–Crippen LogP) is 5.09. The summed E-state index contributed by atoms with van der Waals surface area (Å²) in [7, 11) is 0. The van der Waals surface area contributed by atoms with Crippen molar-refractivity contribution in [2.24, 2.45) is 5.92 Å². The lowest BCUT2D eigenvalue weighted by molar-refractivity contribution is -0.124. The van der Waals surface area contributed by atoms with Crippen LogP contribution >= 0.6 is 0 Å². The van der Waals surface area contributed by atoms with E-state index in [-0.39, 0.29) is 18.6 Å². The van der Waals surface area contributed by atoms with Gasteiger partial charge in [-0.25, -0.2) is 0 Å². The number of amides is 1. The number of benzene rings is 2. The van der Waals surface area contributed by atoms with Crippen molar-refractivity contribution < 1.29 is 9.53 Å². The Morgan fingerprint density at radius 2 is 1.60 bits per heavy atom. The minimum absolute atomic E-state index is 0.0117. The van der Waals surface area contributed by atoms with Crippen LogP contribution < -0.4 is 10.1 Å². The Morgan fingerprint density at radius 3 is 2.24 bits per heavy atom. The van der Waals surface area contributed by atoms with Crippen LogP contribution in [0, 0.1) is 5.92 Å². The van der Waals surface area contributed by atoms with E-state index in [1.54, 1.807) is 0 Å². The van der Waals surface area contributed by atoms with Crippen LogP contribution in [-0.4, -0.2) is 12.5 Å². The average Bonchev–Trinajstić information content (AvgIpc) is 2.60. The van der Waals surface area contributed by atoms with Gasteiger partial charge in [0, 0.05) is 0 Å². The summed E-state index contributed by atoms with van der Waals surface area (Å²) in [5, 5.41) is 3.12. The molecule has 3 nitrogen and oxygen atoms in total. The molecule has 0 spiro atoms. The van der Waals surface area contributed by atoms with E-state index in [9.17, 15) is 4.79 Å². The van der Waals surface area contributed by atoms with Crippen LogP contribution in [0.25, 0.3) is 0 Å². The predicted molar refractivity (Wildman–Crippen MR) is 103 cm³/mol. The van der Waals surface area contributed by atoms with Crippen molar-refractivity contribution in [3.8, 4) is 5.75 Å². The molecule has 0 heterocycles. The van der Waals surface area contributed by atoms with E-state index < -0.39 is 0 Å². The third kappa shape index (κ3) is 5.93. The zero-order chi connectivity index (χ0) is 18.2. The molecule has 0 aromatic heterocycles. The molecule has 0 aliphatic heterocycles. The molecule has 0 aliphatic carbocycles. The van der Waals surface area contributed by atoms with Crippen molar-refractivity contribution in [3.05, 3.63) is 65.7 Å². The van der Waals surface area contributed by atoms with Crippen molar-refractivity contribution >= 4 is 5.91 Å². The van der Waals surface area contributed by atoms with E-state index in [1.165, 1.54) is 0 Å². The summed E-state index contributed by atoms with van der Waals surface area (Å²) in [6.45, 7) is 8.60. The molecular weight excluding hydrogens is 310 g/mol. The van der Waals surface area contributed by atoms with Gasteiger partial charge in [0.15, 0.2) is 6.61 Å². The summed E-state index contributed by atoms with van der Waals surface area (Å²) >= 11 is 0. The van der Waals surface area contributed by atoms with Gasteiger partial charge in [-0.05, 0) is 35.4 Å². The summed E-state index contributed by atoms with van der Waals surface area (Å²) in [6.07, 6.45) is 0.901. The zero-order valence-electron chi connectivity index (χ0n) is 15.7. The van der Waals surface area contributed by atoms with E-state index in [0.29, 0.717) is 11.8 Å². The smallest absolute Gasteiger partial charge is 0.258 e. The lowest BCUT2D eigenvalue weighted by Gasteiger charge is -2.21. The highest BCUT2D eigenvalue weighted by molar-refractivity contribution is 5.78. The number of ether oxygens (including phenoxy) is 1. The lowest BCUT2D eigenvalue weighted by Crippen LogP contribution is -2.33. The standard InChI is InChI=1S/C22H29NO2/c1-16(2)14-20(18-10-6-5-7-11-18)23-22(24)15-25-21-13-9-8-12-19(21)17(3)4/h5-13,16-17,20H,14-15H2,1-4H3,(H,23,24)/t20-/m1/s1. The maximum Gasteiger partial charge on any atom is 0.258 e. The molecule has 2 aromatic rings. The maximum atomic E-state index is 12.4. The van der Waals surface area contributed by atoms with Gasteiger partial charge in [0.05, 0.1) is 6.04 Å². The molecule has 1 N–H and O–H groups in total. The topological polar surface area (TPSA) is 38.3 Å². The molecule has 2 rings (SSSR count). The number of nitrogens with one attached hydrogen (secondary N) is 1. The first-order chi connectivity index (χ1) is 12.0. The molecule has 25 heavy (non-hydrogen) atoms. The molecule has 0 fully saturated rings. The third-order valence-electron chi connectivity index (χ3n) is 4.14. The lowest BCUT2D eigenvalue weighted by atomic mass is 9.97. The quantitative estimate of drug-likeness (QED) is 0.727. The van der Waals surface area contributed by atoms with Crippen molar-refractivity contribution in [1.82, 2.24) is 5.32 Å². The molecule has 3 heteroatoms. The molecule has 0 aliphatic rings. The molecule has 0 unspecified atom stereocenters. The van der Waals surface area contributed by atoms with Gasteiger partial charge in [-0.3, -0.25) is 4.79 Å². The summed E-state index contributed by atoms with van der Waals surface area (Å²) in [5.74, 6) is 1.55. The molecule has 0 bridgehead atoms. The number of carbonyl (C=O) groups is 1. The van der Waals surface area contributed by atoms with E-state index in [0.717, 1.165) is 23.3 Å². The average molecular weight is 339 g/mol. The highest BCUT2D eigenvalue weighted by Gasteiger charge is 2.17. The second-order valence-corrected chi connectivity index (χ2v) is 7.14. The molecule has 0 saturated carbocycles. The van der Waals surface area contributed by atoms with Crippen LogP contribution in [0.15, 0.2) is 54.6 Å². The van der Waals surface area contributed by atoms with Crippen molar-refractivity contribution in [3.63, 3.8) is 0 Å². The molecule has 2 aromatic carbocycles. The second-order valence-electron chi connectivity index (χ2n) is 7.14. The van der Waals surface area contributed by atoms with Gasteiger partial charge in [0.2, 0.25) is 0 Å². The van der Waals surface area contributed by atoms with Crippen LogP contribution in [0.4, 0.5) is 0 Å². The summed E-state index contributed by atoms with van der Waals surface area (Å²) in [4.78, 5) is 12.4. The van der Waals surface area contributed by atoms with E-state index in [4.69, 9.17) is 4.74 Å². The Hall–Kier alpha value is -2.29. The molecule has 0 saturated heterocycles. The number of hydrogen-bond acceptors (Lipinski definition) is 2. The molecule has 134 valence electrons. The normalized spacial score (nSPS) is 12.2. The van der Waals surface area contributed by atoms with Gasteiger partial charge in [-0.15, -0.1) is 0 Å². The first-order valence-electron chi connectivity index (χ1n) is 9.03. The fourth-order valence-corrected chi connectivity index (χ4v) is 2.90. The van der Waals surface area contributed by atoms with E-state index in [2.05, 4.69) is 45.1 Å². The maximum absolute atomic E-state index is 12.4. The van der Waals surface area contributed by atoms with Crippen LogP contribution in [-0.2, 0) is 4.79 Å². The van der Waals surface area contributed by atoms with E-state index in [1.807, 2.05) is 42.5 Å². The fourth-order valence-electron chi connectivity index (χ4n) is 2.90. The minimum Gasteiger partial charge on any atom is -0.483 e. The summed E-state index contributed by atoms with van der Waals surface area (Å²) < 4.78 is 5.79. The van der Waals surface area contributed by atoms with Gasteiger partial charge >= 0.3 is 0 Å². The Labute approximate surface area is 151 Å². The number of hydrogen-bond donors (Lipinski definition) is 1. The van der Waals surface area contributed by atoms with Crippen LogP contribution in [0.3, 0.4) is 0 Å². The zero-order valence-corrected chi connectivity index (χ0v) is 15.7. The number of rotatable bonds is 8. The number of carbonyl (C=O) groups excluding carboxylic acids is 1. The van der Waals surface area contributed by atoms with Crippen molar-refractivity contribution in [1.29, 1.82) is 0 Å². The first-order valence-corrected chi connectivity index (χ1v) is 9.03. The first kappa shape index (κ1) is 19.0. The van der Waals surface area contributed by atoms with Crippen LogP contribution in [0.1, 0.15) is 57.2 Å². The van der Waals surface area contributed by atoms with Gasteiger partial charge < -0.3 is 10.1 Å². The Bertz CT molecular complexity index is 665. The minimum atomic E-state index is -0.0898. The highest BCUT2D eigenvalue weighted by atomic mass is 16.5. The van der Waals surface area contributed by atoms with Gasteiger partial charge in [-0.2, -0.15) is 0 Å². The summed E-state index contributed by atoms with van der Waals surface area (Å²) in [6, 6.07) is 18.0. The van der Waals surface area contributed by atoms with E-state index >= 15 is 0 Å². The van der Waals surface area contributed by atoms with Gasteiger partial charge in [0.25, 0.3) is 5.91 Å². The largest absolute Gasteiger partial charge is 0.483 e. The Kier molecular flexibility index (Phi) is 7.05. The van der Waals surface area contributed by atoms with Gasteiger partial charge in [0.1, 0.15) is 5.75 Å². The van der Waals surface area contributed by atoms with Crippen molar-refractivity contribution in [2.45, 2.75) is 46.1 Å². The Morgan fingerprint density at radius 1 is 0.960 bits per heavy atom. The second kappa shape index (κ2) is 9.26. The molecular formula is C22H29NO2. The summed E-state index contributed by atoms with van der Waals surface area (Å²) in [5.41, 5.74) is 2.25. The molecule has 1 atom stereocenters. The van der Waals surface area contributed by atoms with Crippen molar-refractivity contribution in [2.75, 3.05) is 6.61 Å². The highest BCUT2D eigenvalue weighted by Crippen LogP contribution is 2.26. The number of para-hydroxylation sites is 1. The third-order valence-corrected chi connectivity index (χ3v) is 4.14. The SMILES string of the molecule is CC(C)C[C@@H](NC(=O)COc1ccccc1C(C)C)c1ccccc1. The Balaban J connectivity index is 2.00. The molecule has 0 radical (unpaired) electrons. The van der Waals surface area contributed by atoms with Gasteiger partial charge in [-0.1, -0.05) is 76.2 Å². The van der Waals surface area contributed by atoms with Crippen LogP contribution in [0.5, 0.6) is 5.75 Å².